The summed E-state index contributed by atoms with van der Waals surface area (Å²) in [4.78, 5) is 4.37. The lowest BCUT2D eigenvalue weighted by Gasteiger charge is -2.08. The predicted octanol–water partition coefficient (Wildman–Crippen LogP) is -2.34. The maximum absolute atomic E-state index is 8.89. The van der Waals surface area contributed by atoms with E-state index in [9.17, 15) is 0 Å². The van der Waals surface area contributed by atoms with Crippen LogP contribution in [0.1, 0.15) is 0 Å². The van der Waals surface area contributed by atoms with Crippen LogP contribution in [0.15, 0.2) is 0 Å². The molecule has 1 saturated heterocycles. The van der Waals surface area contributed by atoms with E-state index in [-0.39, 0.29) is 5.23 Å². The van der Waals surface area contributed by atoms with E-state index in [1.807, 2.05) is 0 Å². The maximum Gasteiger partial charge on any atom is 0.185 e. The number of aliphatic hydroxyl groups is 3. The molecule has 3 atom stereocenters. The van der Waals surface area contributed by atoms with E-state index >= 15 is 0 Å². The van der Waals surface area contributed by atoms with E-state index in [2.05, 4.69) is 4.84 Å². The molecule has 0 spiro atoms. The number of hydroxylamine groups is 2. The summed E-state index contributed by atoms with van der Waals surface area (Å²) in [7, 11) is 0. The van der Waals surface area contributed by atoms with Crippen molar-refractivity contribution in [2.24, 2.45) is 0 Å². The molecule has 6 heteroatoms. The predicted molar refractivity (Wildman–Crippen MR) is 27.6 cm³/mol. The molecule has 4 N–H and O–H groups in total. The van der Waals surface area contributed by atoms with Gasteiger partial charge in [0.1, 0.15) is 12.2 Å². The van der Waals surface area contributed by atoms with E-state index in [0.29, 0.717) is 0 Å². The molecule has 60 valence electrons. The number of nitrogens with zero attached hydrogens (tertiary/aromatic N) is 1. The summed E-state index contributed by atoms with van der Waals surface area (Å²) < 4.78 is 0. The molecule has 0 bridgehead atoms. The van der Waals surface area contributed by atoms with Gasteiger partial charge in [0.2, 0.25) is 0 Å². The van der Waals surface area contributed by atoms with Gasteiger partial charge in [-0.15, -0.1) is 0 Å². The van der Waals surface area contributed by atoms with Gasteiger partial charge >= 0.3 is 0 Å². The molecule has 0 unspecified atom stereocenters. The van der Waals surface area contributed by atoms with Crippen molar-refractivity contribution in [2.75, 3.05) is 6.61 Å². The van der Waals surface area contributed by atoms with E-state index in [0.717, 1.165) is 0 Å². The van der Waals surface area contributed by atoms with E-state index < -0.39 is 25.0 Å². The highest BCUT2D eigenvalue weighted by molar-refractivity contribution is 4.76. The van der Waals surface area contributed by atoms with Crippen LogP contribution in [0.2, 0.25) is 0 Å². The second-order valence-corrected chi connectivity index (χ2v) is 2.03. The number of hydrogen-bond acceptors (Lipinski definition) is 6. The van der Waals surface area contributed by atoms with Gasteiger partial charge < -0.3 is 15.3 Å². The third-order valence-electron chi connectivity index (χ3n) is 1.34. The van der Waals surface area contributed by atoms with Crippen LogP contribution >= 0.6 is 0 Å². The third-order valence-corrected chi connectivity index (χ3v) is 1.34. The van der Waals surface area contributed by atoms with Crippen molar-refractivity contribution in [1.82, 2.24) is 5.23 Å². The molecule has 0 aromatic rings. The Bertz CT molecular complexity index is 120. The van der Waals surface area contributed by atoms with Gasteiger partial charge in [-0.3, -0.25) is 10.0 Å². The molecule has 0 aromatic heterocycles. The first-order valence-corrected chi connectivity index (χ1v) is 2.78. The summed E-state index contributed by atoms with van der Waals surface area (Å²) in [5.74, 6) is 0. The maximum atomic E-state index is 8.89. The largest absolute Gasteiger partial charge is 0.393 e. The molecule has 0 saturated carbocycles. The zero-order valence-corrected chi connectivity index (χ0v) is 5.08. The van der Waals surface area contributed by atoms with Crippen LogP contribution in [0.5, 0.6) is 0 Å². The molecule has 1 rings (SSSR count). The van der Waals surface area contributed by atoms with Crippen LogP contribution in [-0.4, -0.2) is 50.8 Å². The first kappa shape index (κ1) is 7.86. The quantitative estimate of drug-likeness (QED) is 0.335. The summed E-state index contributed by atoms with van der Waals surface area (Å²) in [6.45, 7) is -0.449. The van der Waals surface area contributed by atoms with E-state index in [1.165, 1.54) is 0 Å². The average molecular weight is 151 g/mol. The molecule has 0 amide bonds. The van der Waals surface area contributed by atoms with Gasteiger partial charge in [0.05, 0.1) is 6.61 Å². The SMILES string of the molecule is OC[C@H]1ON(O)[C@@H](O)[C@H]1O. The Morgan fingerprint density at radius 3 is 2.20 bits per heavy atom. The first-order valence-electron chi connectivity index (χ1n) is 2.78. The van der Waals surface area contributed by atoms with Crippen LogP contribution in [0, 0.1) is 0 Å². The fraction of sp³-hybridized carbons (Fsp3) is 1.00. The van der Waals surface area contributed by atoms with Gasteiger partial charge in [0.25, 0.3) is 0 Å². The van der Waals surface area contributed by atoms with Gasteiger partial charge in [0, 0.05) is 0 Å². The monoisotopic (exact) mass is 151 g/mol. The molecule has 10 heavy (non-hydrogen) atoms. The molecule has 0 aromatic carbocycles. The molecular formula is C4H9NO5. The molecule has 1 heterocycles. The second-order valence-electron chi connectivity index (χ2n) is 2.03. The Labute approximate surface area is 56.8 Å². The highest BCUT2D eigenvalue weighted by atomic mass is 16.9. The normalized spacial score (nSPS) is 42.6. The number of rotatable bonds is 1. The molecule has 0 aliphatic carbocycles. The van der Waals surface area contributed by atoms with E-state index in [1.54, 1.807) is 0 Å². The minimum Gasteiger partial charge on any atom is -0.393 e. The van der Waals surface area contributed by atoms with Gasteiger partial charge in [-0.2, -0.15) is 0 Å². The third kappa shape index (κ3) is 1.12. The topological polar surface area (TPSA) is 93.4 Å². The second kappa shape index (κ2) is 2.79. The van der Waals surface area contributed by atoms with Crippen molar-refractivity contribution in [3.05, 3.63) is 0 Å². The van der Waals surface area contributed by atoms with Crippen LogP contribution in [0.4, 0.5) is 0 Å². The van der Waals surface area contributed by atoms with Crippen molar-refractivity contribution in [1.29, 1.82) is 0 Å². The van der Waals surface area contributed by atoms with Crippen LogP contribution in [0.3, 0.4) is 0 Å². The summed E-state index contributed by atoms with van der Waals surface area (Å²) in [6.07, 6.45) is -3.69. The fourth-order valence-electron chi connectivity index (χ4n) is 0.727. The first-order chi connectivity index (χ1) is 4.66. The lowest BCUT2D eigenvalue weighted by molar-refractivity contribution is -0.370. The summed E-state index contributed by atoms with van der Waals surface area (Å²) >= 11 is 0. The highest BCUT2D eigenvalue weighted by Gasteiger charge is 2.40. The smallest absolute Gasteiger partial charge is 0.185 e. The molecular weight excluding hydrogens is 142 g/mol. The summed E-state index contributed by atoms with van der Waals surface area (Å²) in [6, 6.07) is 0. The Kier molecular flexibility index (Phi) is 2.19. The Morgan fingerprint density at radius 1 is 1.40 bits per heavy atom. The summed E-state index contributed by atoms with van der Waals surface area (Å²) in [5, 5.41) is 34.8. The molecule has 1 aliphatic rings. The fourth-order valence-corrected chi connectivity index (χ4v) is 0.727. The summed E-state index contributed by atoms with van der Waals surface area (Å²) in [5.41, 5.74) is 0. The van der Waals surface area contributed by atoms with Crippen molar-refractivity contribution in [3.8, 4) is 0 Å². The van der Waals surface area contributed by atoms with Crippen molar-refractivity contribution < 1.29 is 25.4 Å². The zero-order valence-electron chi connectivity index (χ0n) is 5.08. The highest BCUT2D eigenvalue weighted by Crippen LogP contribution is 2.16. The lowest BCUT2D eigenvalue weighted by Crippen LogP contribution is -2.34. The van der Waals surface area contributed by atoms with E-state index in [4.69, 9.17) is 20.5 Å². The van der Waals surface area contributed by atoms with Crippen molar-refractivity contribution in [2.45, 2.75) is 18.4 Å². The van der Waals surface area contributed by atoms with Gasteiger partial charge in [0.15, 0.2) is 6.23 Å². The molecule has 1 aliphatic heterocycles. The minimum atomic E-state index is -1.47. The van der Waals surface area contributed by atoms with Gasteiger partial charge in [-0.1, -0.05) is 0 Å². The Morgan fingerprint density at radius 2 is 2.00 bits per heavy atom. The van der Waals surface area contributed by atoms with Crippen molar-refractivity contribution in [3.63, 3.8) is 0 Å². The van der Waals surface area contributed by atoms with Gasteiger partial charge in [-0.25, -0.2) is 0 Å². The van der Waals surface area contributed by atoms with Crippen LogP contribution in [0.25, 0.3) is 0 Å². The standard InChI is InChI=1S/C4H9NO5/c6-1-2-3(7)4(8)5(9)10-2/h2-4,6-9H,1H2/t2-,3+,4+/m1/s1. The molecule has 6 nitrogen and oxygen atoms in total. The Hall–Kier alpha value is -0.240. The van der Waals surface area contributed by atoms with Crippen molar-refractivity contribution >= 4 is 0 Å². The van der Waals surface area contributed by atoms with Crippen LogP contribution < -0.4 is 0 Å². The average Bonchev–Trinajstić information content (AvgIpc) is 2.17. The molecule has 1 fully saturated rings. The Balaban J connectivity index is 2.53. The molecule has 0 radical (unpaired) electrons. The minimum absolute atomic E-state index is 0.117. The van der Waals surface area contributed by atoms with Gasteiger partial charge in [-0.05, 0) is 5.23 Å². The van der Waals surface area contributed by atoms with Crippen LogP contribution in [-0.2, 0) is 4.84 Å². The zero-order chi connectivity index (χ0) is 7.72. The lowest BCUT2D eigenvalue weighted by atomic mass is 10.2. The number of hydrogen-bond donors (Lipinski definition) is 4. The number of aliphatic hydroxyl groups excluding tert-OH is 3.